The fraction of sp³-hybridized carbons (Fsp3) is 0.643. The Balaban J connectivity index is 0.00000324. The molecule has 0 saturated heterocycles. The summed E-state index contributed by atoms with van der Waals surface area (Å²) in [5, 5.41) is 17.0. The van der Waals surface area contributed by atoms with Crippen LogP contribution in [-0.4, -0.2) is 4.57 Å². The SMILES string of the molecule is Cc1n(CCCCCCC#N)cc[n+]1CCC#N.[Br-]. The molecule has 4 nitrogen and oxygen atoms in total. The molecule has 0 saturated carbocycles. The van der Waals surface area contributed by atoms with Crippen LogP contribution in [0.3, 0.4) is 0 Å². The van der Waals surface area contributed by atoms with E-state index in [0.29, 0.717) is 12.8 Å². The molecule has 1 aromatic rings. The number of imidazole rings is 1. The number of unbranched alkanes of at least 4 members (excludes halogenated alkanes) is 4. The molecule has 104 valence electrons. The smallest absolute Gasteiger partial charge is 0.253 e. The Hall–Kier alpha value is -1.33. The zero-order chi connectivity index (χ0) is 13.2. The van der Waals surface area contributed by atoms with E-state index < -0.39 is 0 Å². The van der Waals surface area contributed by atoms with Crippen LogP contribution in [0.5, 0.6) is 0 Å². The lowest BCUT2D eigenvalue weighted by Gasteiger charge is -2.00. The molecule has 1 aromatic heterocycles. The summed E-state index contributed by atoms with van der Waals surface area (Å²) in [6.07, 6.45) is 9.85. The normalized spacial score (nSPS) is 9.42. The first-order valence-electron chi connectivity index (χ1n) is 6.58. The van der Waals surface area contributed by atoms with Crippen LogP contribution in [0.4, 0.5) is 0 Å². The number of nitrogens with zero attached hydrogens (tertiary/aromatic N) is 4. The molecule has 0 aliphatic heterocycles. The summed E-state index contributed by atoms with van der Waals surface area (Å²) in [5.41, 5.74) is 0. The minimum absolute atomic E-state index is 0. The second-order valence-electron chi connectivity index (χ2n) is 4.46. The van der Waals surface area contributed by atoms with Gasteiger partial charge in [-0.15, -0.1) is 0 Å². The zero-order valence-electron chi connectivity index (χ0n) is 11.5. The molecular weight excluding hydrogens is 304 g/mol. The molecule has 5 heteroatoms. The summed E-state index contributed by atoms with van der Waals surface area (Å²) in [6.45, 7) is 3.89. The van der Waals surface area contributed by atoms with Crippen molar-refractivity contribution in [2.24, 2.45) is 0 Å². The van der Waals surface area contributed by atoms with Gasteiger partial charge in [0, 0.05) is 13.3 Å². The average molecular weight is 325 g/mol. The second-order valence-corrected chi connectivity index (χ2v) is 4.46. The van der Waals surface area contributed by atoms with Gasteiger partial charge in [-0.2, -0.15) is 10.5 Å². The minimum Gasteiger partial charge on any atom is -1.00 e. The molecule has 1 rings (SSSR count). The average Bonchev–Trinajstić information content (AvgIpc) is 2.72. The monoisotopic (exact) mass is 324 g/mol. The predicted octanol–water partition coefficient (Wildman–Crippen LogP) is -0.524. The summed E-state index contributed by atoms with van der Waals surface area (Å²) in [4.78, 5) is 0. The third kappa shape index (κ3) is 6.40. The number of aromatic nitrogens is 2. The van der Waals surface area contributed by atoms with Crippen LogP contribution in [0.15, 0.2) is 12.4 Å². The van der Waals surface area contributed by atoms with Gasteiger partial charge in [0.15, 0.2) is 0 Å². The van der Waals surface area contributed by atoms with Crippen LogP contribution in [0.25, 0.3) is 0 Å². The van der Waals surface area contributed by atoms with Crippen LogP contribution in [0.1, 0.15) is 44.3 Å². The molecule has 0 atom stereocenters. The Bertz CT molecular complexity index is 439. The zero-order valence-corrected chi connectivity index (χ0v) is 13.1. The molecule has 0 fully saturated rings. The van der Waals surface area contributed by atoms with Gasteiger partial charge in [-0.1, -0.05) is 6.42 Å². The van der Waals surface area contributed by atoms with Gasteiger partial charge in [0.2, 0.25) is 0 Å². The molecular formula is C14H21BrN4. The summed E-state index contributed by atoms with van der Waals surface area (Å²) in [7, 11) is 0. The van der Waals surface area contributed by atoms with Crippen molar-refractivity contribution in [1.82, 2.24) is 4.57 Å². The third-order valence-electron chi connectivity index (χ3n) is 3.16. The Labute approximate surface area is 126 Å². The van der Waals surface area contributed by atoms with Crippen LogP contribution < -0.4 is 21.5 Å². The van der Waals surface area contributed by atoms with Gasteiger partial charge in [-0.3, -0.25) is 0 Å². The van der Waals surface area contributed by atoms with E-state index in [1.165, 1.54) is 12.2 Å². The number of halogens is 1. The van der Waals surface area contributed by atoms with Gasteiger partial charge in [0.05, 0.1) is 25.1 Å². The molecule has 0 amide bonds. The van der Waals surface area contributed by atoms with E-state index in [9.17, 15) is 0 Å². The van der Waals surface area contributed by atoms with Crippen LogP contribution in [-0.2, 0) is 13.1 Å². The van der Waals surface area contributed by atoms with Crippen LogP contribution >= 0.6 is 0 Å². The number of hydrogen-bond acceptors (Lipinski definition) is 2. The maximum atomic E-state index is 8.58. The first-order valence-corrected chi connectivity index (χ1v) is 6.58. The van der Waals surface area contributed by atoms with Crippen molar-refractivity contribution < 1.29 is 21.5 Å². The summed E-state index contributed by atoms with van der Waals surface area (Å²) >= 11 is 0. The van der Waals surface area contributed by atoms with Gasteiger partial charge in [0.1, 0.15) is 18.9 Å². The number of nitriles is 2. The summed E-state index contributed by atoms with van der Waals surface area (Å²) < 4.78 is 4.36. The Morgan fingerprint density at radius 2 is 1.79 bits per heavy atom. The van der Waals surface area contributed by atoms with E-state index in [4.69, 9.17) is 10.5 Å². The highest BCUT2D eigenvalue weighted by Crippen LogP contribution is 2.05. The van der Waals surface area contributed by atoms with E-state index in [0.717, 1.165) is 32.4 Å². The van der Waals surface area contributed by atoms with Gasteiger partial charge in [0.25, 0.3) is 5.82 Å². The molecule has 0 aliphatic rings. The Morgan fingerprint density at radius 3 is 2.47 bits per heavy atom. The van der Waals surface area contributed by atoms with Gasteiger partial charge >= 0.3 is 0 Å². The molecule has 19 heavy (non-hydrogen) atoms. The minimum atomic E-state index is 0. The number of hydrogen-bond donors (Lipinski definition) is 0. The second kappa shape index (κ2) is 10.6. The summed E-state index contributed by atoms with van der Waals surface area (Å²) in [5.74, 6) is 1.21. The predicted molar refractivity (Wildman–Crippen MR) is 68.3 cm³/mol. The molecule has 0 spiro atoms. The van der Waals surface area contributed by atoms with Gasteiger partial charge in [-0.25, -0.2) is 9.13 Å². The largest absolute Gasteiger partial charge is 1.00 e. The van der Waals surface area contributed by atoms with Crippen LogP contribution in [0, 0.1) is 29.6 Å². The van der Waals surface area contributed by atoms with Gasteiger partial charge < -0.3 is 17.0 Å². The summed E-state index contributed by atoms with van der Waals surface area (Å²) in [6, 6.07) is 4.34. The first-order chi connectivity index (χ1) is 8.79. The highest BCUT2D eigenvalue weighted by molar-refractivity contribution is 4.80. The molecule has 1 heterocycles. The fourth-order valence-corrected chi connectivity index (χ4v) is 2.02. The molecule has 0 aromatic carbocycles. The molecule has 0 radical (unpaired) electrons. The van der Waals surface area contributed by atoms with Gasteiger partial charge in [-0.05, 0) is 19.3 Å². The maximum absolute atomic E-state index is 8.58. The lowest BCUT2D eigenvalue weighted by molar-refractivity contribution is -0.701. The van der Waals surface area contributed by atoms with Crippen molar-refractivity contribution >= 4 is 0 Å². The van der Waals surface area contributed by atoms with E-state index in [1.54, 1.807) is 0 Å². The molecule has 0 aliphatic carbocycles. The van der Waals surface area contributed by atoms with E-state index in [2.05, 4.69) is 34.4 Å². The number of rotatable bonds is 8. The highest BCUT2D eigenvalue weighted by Gasteiger charge is 2.10. The molecule has 0 N–H and O–H groups in total. The topological polar surface area (TPSA) is 56.4 Å². The third-order valence-corrected chi connectivity index (χ3v) is 3.16. The Kier molecular flexibility index (Phi) is 9.84. The van der Waals surface area contributed by atoms with E-state index >= 15 is 0 Å². The lowest BCUT2D eigenvalue weighted by Crippen LogP contribution is -3.00. The van der Waals surface area contributed by atoms with Crippen molar-refractivity contribution in [3.63, 3.8) is 0 Å². The van der Waals surface area contributed by atoms with Crippen molar-refractivity contribution in [1.29, 1.82) is 10.5 Å². The molecule has 0 unspecified atom stereocenters. The van der Waals surface area contributed by atoms with Crippen molar-refractivity contribution in [3.05, 3.63) is 18.2 Å². The standard InChI is InChI=1S/C14H21N4.BrH/c1-14-17(10-6-4-2-3-5-8-15)12-13-18(14)11-7-9-16;/h12-13H,2-7,10-11H2,1H3;1H/q+1;/p-1. The molecule has 0 bridgehead atoms. The van der Waals surface area contributed by atoms with Crippen molar-refractivity contribution in [3.8, 4) is 12.1 Å². The fourth-order valence-electron chi connectivity index (χ4n) is 2.02. The van der Waals surface area contributed by atoms with E-state index in [1.807, 2.05) is 6.20 Å². The van der Waals surface area contributed by atoms with Crippen LogP contribution in [0.2, 0.25) is 0 Å². The van der Waals surface area contributed by atoms with E-state index in [-0.39, 0.29) is 17.0 Å². The highest BCUT2D eigenvalue weighted by atomic mass is 79.9. The first kappa shape index (κ1) is 17.7. The van der Waals surface area contributed by atoms with Crippen molar-refractivity contribution in [2.45, 2.75) is 58.5 Å². The quantitative estimate of drug-likeness (QED) is 0.477. The Morgan fingerprint density at radius 1 is 1.11 bits per heavy atom. The lowest BCUT2D eigenvalue weighted by atomic mass is 10.1. The maximum Gasteiger partial charge on any atom is 0.253 e. The van der Waals surface area contributed by atoms with Crippen molar-refractivity contribution in [2.75, 3.05) is 0 Å². The number of aryl methyl sites for hydroxylation is 2.